The predicted molar refractivity (Wildman–Crippen MR) is 140 cm³/mol. The molecule has 20 heteroatoms. The van der Waals surface area contributed by atoms with Gasteiger partial charge in [-0.2, -0.15) is 0 Å². The fourth-order valence-corrected chi connectivity index (χ4v) is 5.39. The van der Waals surface area contributed by atoms with Gasteiger partial charge in [-0.05, 0) is 5.57 Å². The first-order valence-corrected chi connectivity index (χ1v) is 14.0. The second kappa shape index (κ2) is 16.7. The molecular formula is C25H43NO19. The zero-order valence-corrected chi connectivity index (χ0v) is 23.7. The summed E-state index contributed by atoms with van der Waals surface area (Å²) in [5.74, 6) is 0. The summed E-state index contributed by atoms with van der Waals surface area (Å²) in [7, 11) is 0. The normalized spacial score (nSPS) is 43.6. The molecule has 15 N–H and O–H groups in total. The molecule has 3 aliphatic rings. The fraction of sp³-hybridized carbons (Fsp3) is 0.880. The number of aldehydes is 1. The van der Waals surface area contributed by atoms with Crippen molar-refractivity contribution in [3.63, 3.8) is 0 Å². The van der Waals surface area contributed by atoms with Crippen molar-refractivity contribution in [2.45, 2.75) is 110 Å². The lowest BCUT2D eigenvalue weighted by atomic mass is 9.86. The van der Waals surface area contributed by atoms with Crippen molar-refractivity contribution in [2.75, 3.05) is 26.4 Å². The Morgan fingerprint density at radius 2 is 1.40 bits per heavy atom. The van der Waals surface area contributed by atoms with Crippen LogP contribution in [0.5, 0.6) is 0 Å². The van der Waals surface area contributed by atoms with E-state index in [0.717, 1.165) is 0 Å². The number of carbonyl (C=O) groups is 1. The first-order chi connectivity index (χ1) is 21.2. The van der Waals surface area contributed by atoms with Crippen LogP contribution in [0.15, 0.2) is 11.6 Å². The molecule has 45 heavy (non-hydrogen) atoms. The van der Waals surface area contributed by atoms with E-state index in [2.05, 4.69) is 5.32 Å². The SMILES string of the molecule is O=CC(O)C(O)C(O[C@H]1OC(CO)C(O[C@@H]2O[C@H](CO)C(NC3C=C(CO)C(O)C(O)C3O)[C@H](O)C2O)C(O)[C@H]1O)[C@H](O)CO. The van der Waals surface area contributed by atoms with Crippen LogP contribution in [0.25, 0.3) is 0 Å². The summed E-state index contributed by atoms with van der Waals surface area (Å²) in [5.41, 5.74) is -0.0485. The molecule has 2 fully saturated rings. The Balaban J connectivity index is 1.74. The lowest BCUT2D eigenvalue weighted by Crippen LogP contribution is -2.69. The monoisotopic (exact) mass is 661 g/mol. The maximum absolute atomic E-state index is 10.9. The molecule has 0 spiro atoms. The van der Waals surface area contributed by atoms with E-state index in [1.807, 2.05) is 0 Å². The van der Waals surface area contributed by atoms with E-state index in [1.54, 1.807) is 0 Å². The maximum atomic E-state index is 10.9. The van der Waals surface area contributed by atoms with Gasteiger partial charge in [-0.3, -0.25) is 0 Å². The Morgan fingerprint density at radius 3 is 1.96 bits per heavy atom. The molecule has 2 aliphatic heterocycles. The second-order valence-corrected chi connectivity index (χ2v) is 11.0. The summed E-state index contributed by atoms with van der Waals surface area (Å²) in [6, 6.07) is -2.55. The quantitative estimate of drug-likeness (QED) is 0.0606. The summed E-state index contributed by atoms with van der Waals surface area (Å²) in [5, 5.41) is 145. The molecule has 2 saturated heterocycles. The van der Waals surface area contributed by atoms with Crippen molar-refractivity contribution in [2.24, 2.45) is 0 Å². The topological polar surface area (TPSA) is 349 Å². The number of carbonyl (C=O) groups excluding carboxylic acids is 1. The third-order valence-corrected chi connectivity index (χ3v) is 8.06. The standard InChI is InChI=1S/C25H43NO19/c27-2-7-1-8(15(35)18(38)14(7)34)26-13-11(5-30)42-24(20(40)17(13)37)45-23-12(6-31)43-25(21(41)19(23)39)44-22(10(33)4-29)16(36)9(32)3-28/h1,3,8-27,29-41H,2,4-6H2/t8?,9?,10-,11-,12?,13?,14?,15?,16?,17+,18?,19?,20?,21-,22?,23?,24+,25-/m1/s1. The van der Waals surface area contributed by atoms with Crippen molar-refractivity contribution in [1.82, 2.24) is 5.32 Å². The summed E-state index contributed by atoms with van der Waals surface area (Å²) < 4.78 is 21.8. The number of hydrogen-bond donors (Lipinski definition) is 15. The van der Waals surface area contributed by atoms with E-state index in [-0.39, 0.29) is 11.9 Å². The maximum Gasteiger partial charge on any atom is 0.187 e. The van der Waals surface area contributed by atoms with Crippen LogP contribution in [0.3, 0.4) is 0 Å². The largest absolute Gasteiger partial charge is 0.394 e. The minimum absolute atomic E-state index is 0.0485. The van der Waals surface area contributed by atoms with Gasteiger partial charge in [0.2, 0.25) is 0 Å². The third-order valence-electron chi connectivity index (χ3n) is 8.06. The Hall–Kier alpha value is -1.35. The molecule has 0 aromatic rings. The van der Waals surface area contributed by atoms with E-state index in [9.17, 15) is 76.3 Å². The molecule has 262 valence electrons. The van der Waals surface area contributed by atoms with Gasteiger partial charge in [-0.1, -0.05) is 6.08 Å². The van der Waals surface area contributed by atoms with Gasteiger partial charge in [0.1, 0.15) is 85.5 Å². The zero-order valence-electron chi connectivity index (χ0n) is 23.7. The number of nitrogens with one attached hydrogen (secondary N) is 1. The molecule has 12 unspecified atom stereocenters. The van der Waals surface area contributed by atoms with Gasteiger partial charge in [-0.15, -0.1) is 0 Å². The first-order valence-electron chi connectivity index (χ1n) is 14.0. The number of aliphatic hydroxyl groups is 14. The van der Waals surface area contributed by atoms with Gasteiger partial charge in [0.05, 0.1) is 38.5 Å². The summed E-state index contributed by atoms with van der Waals surface area (Å²) in [6.07, 6.45) is -28.3. The second-order valence-electron chi connectivity index (χ2n) is 11.0. The smallest absolute Gasteiger partial charge is 0.187 e. The number of hydrogen-bond acceptors (Lipinski definition) is 20. The van der Waals surface area contributed by atoms with E-state index < -0.39 is 137 Å². The molecule has 2 heterocycles. The highest BCUT2D eigenvalue weighted by Crippen LogP contribution is 2.31. The summed E-state index contributed by atoms with van der Waals surface area (Å²) in [4.78, 5) is 10.9. The van der Waals surface area contributed by atoms with Crippen molar-refractivity contribution >= 4 is 6.29 Å². The molecule has 3 rings (SSSR count). The third kappa shape index (κ3) is 8.21. The van der Waals surface area contributed by atoms with Crippen molar-refractivity contribution in [3.8, 4) is 0 Å². The molecule has 18 atom stereocenters. The molecule has 0 radical (unpaired) electrons. The molecule has 1 aliphatic carbocycles. The molecule has 0 bridgehead atoms. The molecule has 0 aromatic carbocycles. The molecule has 20 nitrogen and oxygen atoms in total. The van der Waals surface area contributed by atoms with Gasteiger partial charge in [0.15, 0.2) is 18.9 Å². The van der Waals surface area contributed by atoms with Crippen LogP contribution < -0.4 is 5.32 Å². The van der Waals surface area contributed by atoms with Crippen LogP contribution in [0.1, 0.15) is 0 Å². The minimum Gasteiger partial charge on any atom is -0.394 e. The number of ether oxygens (including phenoxy) is 4. The highest BCUT2D eigenvalue weighted by molar-refractivity contribution is 5.56. The molecular weight excluding hydrogens is 618 g/mol. The Morgan fingerprint density at radius 1 is 0.800 bits per heavy atom. The summed E-state index contributed by atoms with van der Waals surface area (Å²) in [6.45, 7) is -3.46. The van der Waals surface area contributed by atoms with E-state index in [4.69, 9.17) is 18.9 Å². The molecule has 0 saturated carbocycles. The van der Waals surface area contributed by atoms with E-state index in [0.29, 0.717) is 0 Å². The molecule has 0 amide bonds. The average Bonchev–Trinajstić information content (AvgIpc) is 3.04. The van der Waals surface area contributed by atoms with Gasteiger partial charge in [0.25, 0.3) is 0 Å². The van der Waals surface area contributed by atoms with E-state index >= 15 is 0 Å². The predicted octanol–water partition coefficient (Wildman–Crippen LogP) is -9.75. The number of rotatable bonds is 14. The fourth-order valence-electron chi connectivity index (χ4n) is 5.39. The van der Waals surface area contributed by atoms with Crippen LogP contribution in [0.2, 0.25) is 0 Å². The van der Waals surface area contributed by atoms with Crippen molar-refractivity contribution in [3.05, 3.63) is 11.6 Å². The van der Waals surface area contributed by atoms with E-state index in [1.165, 1.54) is 6.08 Å². The highest BCUT2D eigenvalue weighted by atomic mass is 16.7. The summed E-state index contributed by atoms with van der Waals surface area (Å²) >= 11 is 0. The van der Waals surface area contributed by atoms with Crippen LogP contribution >= 0.6 is 0 Å². The number of aliphatic hydroxyl groups excluding tert-OH is 14. The Labute approximate surface area is 255 Å². The lowest BCUT2D eigenvalue weighted by molar-refractivity contribution is -0.362. The minimum atomic E-state index is -2.13. The molecule has 0 aromatic heterocycles. The highest BCUT2D eigenvalue weighted by Gasteiger charge is 2.52. The van der Waals surface area contributed by atoms with Crippen molar-refractivity contribution in [1.29, 1.82) is 0 Å². The average molecular weight is 662 g/mol. The Kier molecular flexibility index (Phi) is 14.1. The van der Waals surface area contributed by atoms with Gasteiger partial charge >= 0.3 is 0 Å². The van der Waals surface area contributed by atoms with Gasteiger partial charge in [-0.25, -0.2) is 0 Å². The first kappa shape index (κ1) is 38.1. The van der Waals surface area contributed by atoms with Crippen molar-refractivity contribution < 1.29 is 95.2 Å². The zero-order chi connectivity index (χ0) is 33.7. The van der Waals surface area contributed by atoms with Crippen LogP contribution in [0, 0.1) is 0 Å². The van der Waals surface area contributed by atoms with Crippen LogP contribution in [-0.2, 0) is 23.7 Å². The Bertz CT molecular complexity index is 957. The van der Waals surface area contributed by atoms with Crippen LogP contribution in [-0.4, -0.2) is 214 Å². The van der Waals surface area contributed by atoms with Gasteiger partial charge < -0.3 is 101 Å². The van der Waals surface area contributed by atoms with Gasteiger partial charge in [0, 0.05) is 0 Å². The lowest BCUT2D eigenvalue weighted by Gasteiger charge is -2.48. The van der Waals surface area contributed by atoms with Crippen LogP contribution in [0.4, 0.5) is 0 Å².